The Morgan fingerprint density at radius 1 is 1.14 bits per heavy atom. The summed E-state index contributed by atoms with van der Waals surface area (Å²) in [6.45, 7) is 13.8. The molecule has 3 rings (SSSR count). The van der Waals surface area contributed by atoms with Crippen molar-refractivity contribution >= 4 is 29.1 Å². The number of ketones is 1. The second kappa shape index (κ2) is 7.90. The second-order valence-electron chi connectivity index (χ2n) is 8.65. The normalized spacial score (nSPS) is 17.8. The molecule has 1 aliphatic rings. The summed E-state index contributed by atoms with van der Waals surface area (Å²) in [4.78, 5) is 36.2. The topological polar surface area (TPSA) is 63.2 Å². The van der Waals surface area contributed by atoms with Gasteiger partial charge in [-0.3, -0.25) is 9.59 Å². The lowest BCUT2D eigenvalue weighted by atomic mass is 9.78. The van der Waals surface area contributed by atoms with Crippen molar-refractivity contribution in [2.75, 3.05) is 10.7 Å². The van der Waals surface area contributed by atoms with Gasteiger partial charge in [0.2, 0.25) is 5.91 Å². The molecular formula is C23H29N3O2S. The fourth-order valence-corrected chi connectivity index (χ4v) is 5.18. The van der Waals surface area contributed by atoms with E-state index >= 15 is 0 Å². The molecule has 0 unspecified atom stereocenters. The molecule has 29 heavy (non-hydrogen) atoms. The van der Waals surface area contributed by atoms with Gasteiger partial charge in [-0.1, -0.05) is 24.8 Å². The highest BCUT2D eigenvalue weighted by Crippen LogP contribution is 2.44. The number of fused-ring (bicyclic) bond motifs is 1. The van der Waals surface area contributed by atoms with Gasteiger partial charge in [0.15, 0.2) is 10.9 Å². The highest BCUT2D eigenvalue weighted by Gasteiger charge is 2.40. The Labute approximate surface area is 177 Å². The van der Waals surface area contributed by atoms with Crippen LogP contribution < -0.4 is 4.90 Å². The predicted octanol–water partition coefficient (Wildman–Crippen LogP) is 5.02. The molecular weight excluding hydrogens is 382 g/mol. The van der Waals surface area contributed by atoms with Crippen LogP contribution in [0.5, 0.6) is 0 Å². The zero-order valence-corrected chi connectivity index (χ0v) is 19.1. The van der Waals surface area contributed by atoms with Crippen LogP contribution in [-0.2, 0) is 4.79 Å². The number of aryl methyl sites for hydroxylation is 3. The van der Waals surface area contributed by atoms with Crippen molar-refractivity contribution in [2.45, 2.75) is 71.5 Å². The lowest BCUT2D eigenvalue weighted by molar-refractivity contribution is -0.117. The Morgan fingerprint density at radius 3 is 2.34 bits per heavy atom. The van der Waals surface area contributed by atoms with Crippen LogP contribution >= 0.6 is 11.8 Å². The minimum atomic E-state index is -0.337. The maximum Gasteiger partial charge on any atom is 0.237 e. The molecule has 0 radical (unpaired) electrons. The largest absolute Gasteiger partial charge is 0.306 e. The third-order valence-corrected chi connectivity index (χ3v) is 6.30. The van der Waals surface area contributed by atoms with Gasteiger partial charge in [0, 0.05) is 28.2 Å². The molecule has 0 aliphatic carbocycles. The van der Waals surface area contributed by atoms with Crippen LogP contribution in [0.2, 0.25) is 0 Å². The molecule has 6 heteroatoms. The zero-order chi connectivity index (χ0) is 21.5. The van der Waals surface area contributed by atoms with Crippen molar-refractivity contribution in [1.29, 1.82) is 0 Å². The maximum absolute atomic E-state index is 13.4. The van der Waals surface area contributed by atoms with E-state index in [9.17, 15) is 9.59 Å². The van der Waals surface area contributed by atoms with Gasteiger partial charge < -0.3 is 4.90 Å². The fourth-order valence-electron chi connectivity index (χ4n) is 4.38. The van der Waals surface area contributed by atoms with Gasteiger partial charge in [0.05, 0.1) is 5.75 Å². The summed E-state index contributed by atoms with van der Waals surface area (Å²) in [6.07, 6.45) is 0.870. The van der Waals surface area contributed by atoms with Gasteiger partial charge in [-0.15, -0.1) is 0 Å². The van der Waals surface area contributed by atoms with Crippen molar-refractivity contribution in [3.05, 3.63) is 46.3 Å². The lowest BCUT2D eigenvalue weighted by Crippen LogP contribution is -2.52. The van der Waals surface area contributed by atoms with Crippen LogP contribution in [0.1, 0.15) is 72.9 Å². The number of aromatic nitrogens is 2. The molecule has 0 fully saturated rings. The number of rotatable bonds is 4. The summed E-state index contributed by atoms with van der Waals surface area (Å²) < 4.78 is 0. The molecule has 2 heterocycles. The summed E-state index contributed by atoms with van der Waals surface area (Å²) in [5.74, 6) is 0.601. The van der Waals surface area contributed by atoms with Crippen molar-refractivity contribution in [3.8, 4) is 0 Å². The molecule has 0 saturated carbocycles. The Bertz CT molecular complexity index is 964. The Hall–Kier alpha value is -2.21. The number of benzene rings is 1. The molecule has 0 spiro atoms. The number of carbonyl (C=O) groups excluding carboxylic acids is 2. The van der Waals surface area contributed by atoms with Crippen molar-refractivity contribution < 1.29 is 9.59 Å². The number of Topliss-reactive ketones (excluding diaryl/α,β-unsaturated/α-hetero) is 1. The summed E-state index contributed by atoms with van der Waals surface area (Å²) in [6, 6.07) is 5.90. The molecule has 154 valence electrons. The van der Waals surface area contributed by atoms with E-state index in [4.69, 9.17) is 0 Å². The smallest absolute Gasteiger partial charge is 0.237 e. The molecule has 0 bridgehead atoms. The van der Waals surface area contributed by atoms with Crippen LogP contribution in [0, 0.1) is 20.8 Å². The van der Waals surface area contributed by atoms with E-state index in [0.29, 0.717) is 16.6 Å². The lowest BCUT2D eigenvalue weighted by Gasteiger charge is -2.46. The number of nitrogens with zero attached hydrogens (tertiary/aromatic N) is 3. The van der Waals surface area contributed by atoms with Crippen LogP contribution in [0.4, 0.5) is 5.69 Å². The monoisotopic (exact) mass is 411 g/mol. The number of amides is 1. The summed E-state index contributed by atoms with van der Waals surface area (Å²) in [5, 5.41) is 0.618. The van der Waals surface area contributed by atoms with E-state index in [0.717, 1.165) is 34.6 Å². The Balaban J connectivity index is 1.96. The number of thioether (sulfide) groups is 1. The quantitative estimate of drug-likeness (QED) is 0.402. The predicted molar refractivity (Wildman–Crippen MR) is 118 cm³/mol. The molecule has 1 amide bonds. The first-order valence-electron chi connectivity index (χ1n) is 9.93. The minimum absolute atomic E-state index is 0.00858. The fraction of sp³-hybridized carbons (Fsp3) is 0.478. The van der Waals surface area contributed by atoms with Gasteiger partial charge in [-0.25, -0.2) is 9.97 Å². The maximum atomic E-state index is 13.4. The first-order chi connectivity index (χ1) is 13.5. The van der Waals surface area contributed by atoms with Crippen LogP contribution in [0.15, 0.2) is 23.4 Å². The van der Waals surface area contributed by atoms with Crippen LogP contribution in [0.3, 0.4) is 0 Å². The van der Waals surface area contributed by atoms with Crippen LogP contribution in [0.25, 0.3) is 0 Å². The van der Waals surface area contributed by atoms with E-state index in [-0.39, 0.29) is 23.0 Å². The zero-order valence-electron chi connectivity index (χ0n) is 18.3. The highest BCUT2D eigenvalue weighted by molar-refractivity contribution is 7.99. The third kappa shape index (κ3) is 4.37. The SMILES string of the molecule is CC(=O)c1cc2c(cc1C)[C@@H](C)CC(C)(C)N2C(=O)CSc1nc(C)cc(C)n1. The van der Waals surface area contributed by atoms with Gasteiger partial charge in [0.1, 0.15) is 0 Å². The Morgan fingerprint density at radius 2 is 1.76 bits per heavy atom. The number of anilines is 1. The minimum Gasteiger partial charge on any atom is -0.306 e. The second-order valence-corrected chi connectivity index (χ2v) is 9.59. The van der Waals surface area contributed by atoms with Crippen molar-refractivity contribution in [1.82, 2.24) is 9.97 Å². The van der Waals surface area contributed by atoms with Gasteiger partial charge in [0.25, 0.3) is 0 Å². The van der Waals surface area contributed by atoms with Gasteiger partial charge >= 0.3 is 0 Å². The molecule has 0 N–H and O–H groups in total. The molecule has 1 aromatic carbocycles. The first-order valence-corrected chi connectivity index (χ1v) is 10.9. The number of hydrogen-bond acceptors (Lipinski definition) is 5. The highest BCUT2D eigenvalue weighted by atomic mass is 32.2. The van der Waals surface area contributed by atoms with Gasteiger partial charge in [-0.05, 0) is 77.1 Å². The molecule has 2 aromatic rings. The average molecular weight is 412 g/mol. The van der Waals surface area contributed by atoms with E-state index in [1.165, 1.54) is 11.8 Å². The van der Waals surface area contributed by atoms with E-state index in [1.807, 2.05) is 37.8 Å². The molecule has 1 aromatic heterocycles. The molecule has 0 saturated heterocycles. The Kier molecular flexibility index (Phi) is 5.86. The average Bonchev–Trinajstić information content (AvgIpc) is 2.58. The summed E-state index contributed by atoms with van der Waals surface area (Å²) in [7, 11) is 0. The van der Waals surface area contributed by atoms with Crippen molar-refractivity contribution in [3.63, 3.8) is 0 Å². The van der Waals surface area contributed by atoms with E-state index in [2.05, 4.69) is 36.8 Å². The van der Waals surface area contributed by atoms with Crippen molar-refractivity contribution in [2.24, 2.45) is 0 Å². The number of carbonyl (C=O) groups is 2. The van der Waals surface area contributed by atoms with Gasteiger partial charge in [-0.2, -0.15) is 0 Å². The molecule has 1 atom stereocenters. The first kappa shape index (κ1) is 21.5. The molecule has 1 aliphatic heterocycles. The number of hydrogen-bond donors (Lipinski definition) is 0. The van der Waals surface area contributed by atoms with E-state index < -0.39 is 0 Å². The standard InChI is InChI=1S/C23H29N3O2S/c1-13-8-19-14(2)11-23(6,7)26(20(19)10-18(13)17(5)27)21(28)12-29-22-24-15(3)9-16(4)25-22/h8-10,14H,11-12H2,1-7H3/t14-/m0/s1. The van der Waals surface area contributed by atoms with E-state index in [1.54, 1.807) is 6.92 Å². The third-order valence-electron chi connectivity index (χ3n) is 5.47. The van der Waals surface area contributed by atoms with Crippen LogP contribution in [-0.4, -0.2) is 33.0 Å². The molecule has 5 nitrogen and oxygen atoms in total. The summed E-state index contributed by atoms with van der Waals surface area (Å²) in [5.41, 5.74) is 5.09. The summed E-state index contributed by atoms with van der Waals surface area (Å²) >= 11 is 1.36.